The lowest BCUT2D eigenvalue weighted by molar-refractivity contribution is -0.122. The van der Waals surface area contributed by atoms with Crippen LogP contribution in [0.5, 0.6) is 5.75 Å². The van der Waals surface area contributed by atoms with Crippen molar-refractivity contribution in [2.75, 3.05) is 5.32 Å². The first kappa shape index (κ1) is 15.8. The van der Waals surface area contributed by atoms with Gasteiger partial charge in [-0.05, 0) is 71.8 Å². The molecule has 110 valence electrons. The van der Waals surface area contributed by atoms with Gasteiger partial charge in [0, 0.05) is 9.26 Å². The summed E-state index contributed by atoms with van der Waals surface area (Å²) in [6.45, 7) is 3.83. The largest absolute Gasteiger partial charge is 0.481 e. The number of rotatable bonds is 5. The summed E-state index contributed by atoms with van der Waals surface area (Å²) in [5, 5.41) is 2.86. The molecule has 21 heavy (non-hydrogen) atoms. The average Bonchev–Trinajstić information content (AvgIpc) is 2.50. The SMILES string of the molecule is CCc1ccccc1OC(C)C(=O)Nc1ccc(I)cc1. The topological polar surface area (TPSA) is 38.3 Å². The highest BCUT2D eigenvalue weighted by atomic mass is 127. The van der Waals surface area contributed by atoms with Gasteiger partial charge < -0.3 is 10.1 Å². The molecule has 2 aromatic carbocycles. The van der Waals surface area contributed by atoms with Crippen LogP contribution < -0.4 is 10.1 Å². The highest BCUT2D eigenvalue weighted by molar-refractivity contribution is 14.1. The molecule has 0 aliphatic carbocycles. The Balaban J connectivity index is 2.01. The Hall–Kier alpha value is -1.56. The van der Waals surface area contributed by atoms with Crippen LogP contribution in [0.15, 0.2) is 48.5 Å². The summed E-state index contributed by atoms with van der Waals surface area (Å²) in [5.74, 6) is 0.618. The maximum Gasteiger partial charge on any atom is 0.265 e. The quantitative estimate of drug-likeness (QED) is 0.769. The van der Waals surface area contributed by atoms with Gasteiger partial charge in [0.1, 0.15) is 5.75 Å². The number of amides is 1. The summed E-state index contributed by atoms with van der Waals surface area (Å²) in [5.41, 5.74) is 1.88. The molecule has 1 atom stereocenters. The third kappa shape index (κ3) is 4.46. The summed E-state index contributed by atoms with van der Waals surface area (Å²) < 4.78 is 6.91. The molecule has 0 saturated carbocycles. The Kier molecular flexibility index (Phi) is 5.61. The van der Waals surface area contributed by atoms with E-state index in [1.54, 1.807) is 6.92 Å². The van der Waals surface area contributed by atoms with E-state index in [9.17, 15) is 4.79 Å². The van der Waals surface area contributed by atoms with Crippen LogP contribution in [0.4, 0.5) is 5.69 Å². The Morgan fingerprint density at radius 1 is 1.19 bits per heavy atom. The molecule has 2 rings (SSSR count). The zero-order valence-electron chi connectivity index (χ0n) is 12.1. The van der Waals surface area contributed by atoms with Crippen molar-refractivity contribution in [3.8, 4) is 5.75 Å². The molecule has 4 heteroatoms. The van der Waals surface area contributed by atoms with Crippen molar-refractivity contribution in [3.05, 3.63) is 57.7 Å². The van der Waals surface area contributed by atoms with E-state index >= 15 is 0 Å². The fourth-order valence-electron chi connectivity index (χ4n) is 1.93. The molecule has 0 aromatic heterocycles. The van der Waals surface area contributed by atoms with Crippen molar-refractivity contribution >= 4 is 34.2 Å². The molecule has 1 amide bonds. The number of benzene rings is 2. The number of hydrogen-bond donors (Lipinski definition) is 1. The zero-order valence-corrected chi connectivity index (χ0v) is 14.3. The normalized spacial score (nSPS) is 11.8. The van der Waals surface area contributed by atoms with Crippen molar-refractivity contribution in [1.82, 2.24) is 0 Å². The maximum atomic E-state index is 12.2. The summed E-state index contributed by atoms with van der Waals surface area (Å²) >= 11 is 2.23. The highest BCUT2D eigenvalue weighted by Crippen LogP contribution is 2.20. The van der Waals surface area contributed by atoms with Gasteiger partial charge in [-0.25, -0.2) is 0 Å². The predicted octanol–water partition coefficient (Wildman–Crippen LogP) is 4.26. The Morgan fingerprint density at radius 3 is 2.52 bits per heavy atom. The number of halogens is 1. The molecule has 0 saturated heterocycles. The molecule has 1 unspecified atom stereocenters. The van der Waals surface area contributed by atoms with E-state index in [1.807, 2.05) is 48.5 Å². The van der Waals surface area contributed by atoms with Crippen LogP contribution in [0.25, 0.3) is 0 Å². The fraction of sp³-hybridized carbons (Fsp3) is 0.235. The maximum absolute atomic E-state index is 12.2. The fourth-order valence-corrected chi connectivity index (χ4v) is 2.29. The van der Waals surface area contributed by atoms with E-state index in [2.05, 4.69) is 34.8 Å². The van der Waals surface area contributed by atoms with E-state index < -0.39 is 6.10 Å². The van der Waals surface area contributed by atoms with Crippen molar-refractivity contribution in [2.24, 2.45) is 0 Å². The number of ether oxygens (including phenoxy) is 1. The van der Waals surface area contributed by atoms with Crippen molar-refractivity contribution in [2.45, 2.75) is 26.4 Å². The first-order valence-electron chi connectivity index (χ1n) is 6.91. The number of carbonyl (C=O) groups excluding carboxylic acids is 1. The average molecular weight is 395 g/mol. The monoisotopic (exact) mass is 395 g/mol. The third-order valence-electron chi connectivity index (χ3n) is 3.14. The van der Waals surface area contributed by atoms with Gasteiger partial charge in [-0.15, -0.1) is 0 Å². The second-order valence-corrected chi connectivity index (χ2v) is 5.96. The molecular formula is C17H18INO2. The minimum atomic E-state index is -0.544. The minimum absolute atomic E-state index is 0.151. The highest BCUT2D eigenvalue weighted by Gasteiger charge is 2.16. The van der Waals surface area contributed by atoms with E-state index in [1.165, 1.54) is 0 Å². The van der Waals surface area contributed by atoms with Gasteiger partial charge in [0.2, 0.25) is 0 Å². The molecule has 0 radical (unpaired) electrons. The van der Waals surface area contributed by atoms with Gasteiger partial charge in [-0.2, -0.15) is 0 Å². The van der Waals surface area contributed by atoms with Crippen LogP contribution >= 0.6 is 22.6 Å². The van der Waals surface area contributed by atoms with Gasteiger partial charge in [0.15, 0.2) is 6.10 Å². The molecule has 0 aliphatic rings. The number of aryl methyl sites for hydroxylation is 1. The Morgan fingerprint density at radius 2 is 1.86 bits per heavy atom. The number of para-hydroxylation sites is 1. The lowest BCUT2D eigenvalue weighted by atomic mass is 10.1. The summed E-state index contributed by atoms with van der Waals surface area (Å²) in [6, 6.07) is 15.5. The van der Waals surface area contributed by atoms with Gasteiger partial charge in [0.25, 0.3) is 5.91 Å². The standard InChI is InChI=1S/C17H18INO2/c1-3-13-6-4-5-7-16(13)21-12(2)17(20)19-15-10-8-14(18)9-11-15/h4-12H,3H2,1-2H3,(H,19,20). The number of carbonyl (C=O) groups is 1. The van der Waals surface area contributed by atoms with Crippen molar-refractivity contribution in [3.63, 3.8) is 0 Å². The van der Waals surface area contributed by atoms with E-state index in [0.717, 1.165) is 27.0 Å². The second kappa shape index (κ2) is 7.45. The van der Waals surface area contributed by atoms with E-state index in [0.29, 0.717) is 0 Å². The molecule has 0 bridgehead atoms. The van der Waals surface area contributed by atoms with Gasteiger partial charge >= 0.3 is 0 Å². The van der Waals surface area contributed by atoms with Crippen LogP contribution in [-0.2, 0) is 11.2 Å². The summed E-state index contributed by atoms with van der Waals surface area (Å²) in [7, 11) is 0. The molecule has 0 heterocycles. The minimum Gasteiger partial charge on any atom is -0.481 e. The smallest absolute Gasteiger partial charge is 0.265 e. The van der Waals surface area contributed by atoms with Crippen LogP contribution in [0.3, 0.4) is 0 Å². The van der Waals surface area contributed by atoms with Gasteiger partial charge in [0.05, 0.1) is 0 Å². The van der Waals surface area contributed by atoms with E-state index in [-0.39, 0.29) is 5.91 Å². The summed E-state index contributed by atoms with van der Waals surface area (Å²) in [4.78, 5) is 12.2. The van der Waals surface area contributed by atoms with Crippen molar-refractivity contribution < 1.29 is 9.53 Å². The summed E-state index contributed by atoms with van der Waals surface area (Å²) in [6.07, 6.45) is 0.332. The number of hydrogen-bond acceptors (Lipinski definition) is 2. The Labute approximate surface area is 138 Å². The molecule has 0 spiro atoms. The number of nitrogens with one attached hydrogen (secondary N) is 1. The lowest BCUT2D eigenvalue weighted by Crippen LogP contribution is -2.30. The molecule has 0 fully saturated rings. The predicted molar refractivity (Wildman–Crippen MR) is 93.7 cm³/mol. The second-order valence-electron chi connectivity index (χ2n) is 4.72. The van der Waals surface area contributed by atoms with Crippen LogP contribution in [0.1, 0.15) is 19.4 Å². The lowest BCUT2D eigenvalue weighted by Gasteiger charge is -2.17. The third-order valence-corrected chi connectivity index (χ3v) is 3.86. The van der Waals surface area contributed by atoms with Crippen molar-refractivity contribution in [1.29, 1.82) is 0 Å². The zero-order chi connectivity index (χ0) is 15.2. The van der Waals surface area contributed by atoms with E-state index in [4.69, 9.17) is 4.74 Å². The molecular weight excluding hydrogens is 377 g/mol. The van der Waals surface area contributed by atoms with Gasteiger partial charge in [-0.3, -0.25) is 4.79 Å². The first-order chi connectivity index (χ1) is 10.1. The molecule has 1 N–H and O–H groups in total. The van der Waals surface area contributed by atoms with Crippen LogP contribution in [0.2, 0.25) is 0 Å². The van der Waals surface area contributed by atoms with Crippen LogP contribution in [-0.4, -0.2) is 12.0 Å². The van der Waals surface area contributed by atoms with Crippen LogP contribution in [0, 0.1) is 3.57 Å². The Bertz CT molecular complexity index is 610. The molecule has 3 nitrogen and oxygen atoms in total. The van der Waals surface area contributed by atoms with Gasteiger partial charge in [-0.1, -0.05) is 25.1 Å². The first-order valence-corrected chi connectivity index (χ1v) is 7.99. The molecule has 2 aromatic rings. The number of anilines is 1. The molecule has 0 aliphatic heterocycles.